The molecule has 204 valence electrons. The van der Waals surface area contributed by atoms with Gasteiger partial charge < -0.3 is 15.7 Å². The zero-order valence-corrected chi connectivity index (χ0v) is 21.1. The largest absolute Gasteiger partial charge is 0.465 e. The third-order valence-electron chi connectivity index (χ3n) is 6.24. The van der Waals surface area contributed by atoms with Crippen LogP contribution in [-0.2, 0) is 19.6 Å². The lowest BCUT2D eigenvalue weighted by Gasteiger charge is -2.14. The van der Waals surface area contributed by atoms with E-state index >= 15 is 0 Å². The highest BCUT2D eigenvalue weighted by atomic mass is 19.4. The number of halogens is 3. The first kappa shape index (κ1) is 26.5. The van der Waals surface area contributed by atoms with Crippen LogP contribution in [0.3, 0.4) is 0 Å². The average molecular weight is 549 g/mol. The van der Waals surface area contributed by atoms with Crippen molar-refractivity contribution in [2.75, 3.05) is 11.9 Å². The number of carbonyl (C=O) groups is 2. The molecule has 0 aliphatic rings. The molecule has 0 bridgehead atoms. The molecule has 3 heterocycles. The number of aryl methyl sites for hydroxylation is 1. The van der Waals surface area contributed by atoms with E-state index in [0.29, 0.717) is 23.6 Å². The Balaban J connectivity index is 1.54. The van der Waals surface area contributed by atoms with Crippen LogP contribution in [0.15, 0.2) is 79.1 Å². The predicted octanol–water partition coefficient (Wildman–Crippen LogP) is 5.48. The monoisotopic (exact) mass is 548 g/mol. The van der Waals surface area contributed by atoms with E-state index < -0.39 is 23.7 Å². The molecule has 5 rings (SSSR count). The molecule has 0 radical (unpaired) electrons. The van der Waals surface area contributed by atoms with Crippen LogP contribution < -0.4 is 10.6 Å². The molecule has 3 aromatic heterocycles. The lowest BCUT2D eigenvalue weighted by atomic mass is 10.0. The summed E-state index contributed by atoms with van der Waals surface area (Å²) in [7, 11) is 1.59. The number of pyridine rings is 1. The second-order valence-electron chi connectivity index (χ2n) is 9.01. The standard InChI is InChI=1S/C28H23F3N6O3/c1-36-13-11-22(35-36)20-16-19(7-8-21(20)28(29,30)31)26(38)34-25-24(18-5-3-2-4-6-18)33-23-15-17(10-14-37(23)25)9-12-32-27(39)40/h2-8,10-11,13-16,32H,9,12H2,1H3,(H,34,38)(H,39,40). The summed E-state index contributed by atoms with van der Waals surface area (Å²) in [6.45, 7) is 0.216. The van der Waals surface area contributed by atoms with E-state index in [-0.39, 0.29) is 23.4 Å². The van der Waals surface area contributed by atoms with Gasteiger partial charge in [-0.3, -0.25) is 13.9 Å². The summed E-state index contributed by atoms with van der Waals surface area (Å²) in [5.41, 5.74) is 1.52. The van der Waals surface area contributed by atoms with E-state index in [9.17, 15) is 22.8 Å². The second-order valence-corrected chi connectivity index (χ2v) is 9.01. The van der Waals surface area contributed by atoms with Crippen molar-refractivity contribution in [2.45, 2.75) is 12.6 Å². The van der Waals surface area contributed by atoms with Gasteiger partial charge in [-0.05, 0) is 48.4 Å². The fourth-order valence-corrected chi connectivity index (χ4v) is 4.36. The molecule has 0 unspecified atom stereocenters. The number of imidazole rings is 1. The van der Waals surface area contributed by atoms with Crippen LogP contribution in [0.4, 0.5) is 23.8 Å². The molecule has 0 aliphatic heterocycles. The third-order valence-corrected chi connectivity index (χ3v) is 6.24. The second kappa shape index (κ2) is 10.6. The molecular formula is C28H23F3N6O3. The number of anilines is 1. The minimum Gasteiger partial charge on any atom is -0.465 e. The average Bonchev–Trinajstić information content (AvgIpc) is 3.51. The fourth-order valence-electron chi connectivity index (χ4n) is 4.36. The summed E-state index contributed by atoms with van der Waals surface area (Å²) >= 11 is 0. The predicted molar refractivity (Wildman–Crippen MR) is 142 cm³/mol. The number of carbonyl (C=O) groups excluding carboxylic acids is 1. The van der Waals surface area contributed by atoms with Gasteiger partial charge in [-0.25, -0.2) is 9.78 Å². The first-order chi connectivity index (χ1) is 19.1. The molecular weight excluding hydrogens is 525 g/mol. The Labute approximate surface area is 225 Å². The van der Waals surface area contributed by atoms with Crippen LogP contribution in [0.25, 0.3) is 28.2 Å². The summed E-state index contributed by atoms with van der Waals surface area (Å²) in [4.78, 5) is 28.9. The summed E-state index contributed by atoms with van der Waals surface area (Å²) in [6, 6.07) is 17.3. The lowest BCUT2D eigenvalue weighted by molar-refractivity contribution is -0.137. The molecule has 0 spiro atoms. The molecule has 12 heteroatoms. The summed E-state index contributed by atoms with van der Waals surface area (Å²) in [6.07, 6.45) is -2.10. The number of carboxylic acid groups (broad SMARTS) is 1. The molecule has 2 amide bonds. The van der Waals surface area contributed by atoms with Gasteiger partial charge in [0.1, 0.15) is 17.2 Å². The smallest absolute Gasteiger partial charge is 0.417 e. The van der Waals surface area contributed by atoms with Gasteiger partial charge in [0.25, 0.3) is 5.91 Å². The Morgan fingerprint density at radius 2 is 1.77 bits per heavy atom. The maximum Gasteiger partial charge on any atom is 0.417 e. The number of alkyl halides is 3. The highest BCUT2D eigenvalue weighted by Crippen LogP contribution is 2.37. The Bertz CT molecular complexity index is 1710. The van der Waals surface area contributed by atoms with Gasteiger partial charge in [-0.2, -0.15) is 18.3 Å². The zero-order valence-electron chi connectivity index (χ0n) is 21.1. The van der Waals surface area contributed by atoms with Gasteiger partial charge in [0.2, 0.25) is 0 Å². The van der Waals surface area contributed by atoms with Gasteiger partial charge >= 0.3 is 12.3 Å². The number of amides is 2. The SMILES string of the molecule is Cn1ccc(-c2cc(C(=O)Nc3c(-c4ccccc4)nc4cc(CCNC(=O)O)ccn34)ccc2C(F)(F)F)n1. The molecule has 0 fully saturated rings. The first-order valence-electron chi connectivity index (χ1n) is 12.2. The summed E-state index contributed by atoms with van der Waals surface area (Å²) < 4.78 is 44.3. The van der Waals surface area contributed by atoms with Crippen molar-refractivity contribution < 1.29 is 27.9 Å². The van der Waals surface area contributed by atoms with E-state index in [0.717, 1.165) is 23.3 Å². The first-order valence-corrected chi connectivity index (χ1v) is 12.2. The third kappa shape index (κ3) is 5.51. The van der Waals surface area contributed by atoms with Crippen LogP contribution in [0.1, 0.15) is 21.5 Å². The lowest BCUT2D eigenvalue weighted by Crippen LogP contribution is -2.23. The molecule has 0 saturated heterocycles. The van der Waals surface area contributed by atoms with Crippen LogP contribution >= 0.6 is 0 Å². The van der Waals surface area contributed by atoms with Crippen LogP contribution in [0.5, 0.6) is 0 Å². The number of nitrogens with one attached hydrogen (secondary N) is 2. The number of hydrogen-bond acceptors (Lipinski definition) is 4. The Hall–Kier alpha value is -5.13. The Kier molecular flexibility index (Phi) is 6.99. The molecule has 0 aliphatic carbocycles. The molecule has 5 aromatic rings. The molecule has 2 aromatic carbocycles. The van der Waals surface area contributed by atoms with Gasteiger partial charge in [0, 0.05) is 42.7 Å². The molecule has 40 heavy (non-hydrogen) atoms. The maximum atomic E-state index is 13.8. The van der Waals surface area contributed by atoms with Crippen molar-refractivity contribution >= 4 is 23.5 Å². The van der Waals surface area contributed by atoms with Crippen LogP contribution in [0, 0.1) is 0 Å². The van der Waals surface area contributed by atoms with E-state index in [1.54, 1.807) is 29.8 Å². The summed E-state index contributed by atoms with van der Waals surface area (Å²) in [5.74, 6) is -0.291. The van der Waals surface area contributed by atoms with Crippen LogP contribution in [-0.4, -0.2) is 42.8 Å². The molecule has 3 N–H and O–H groups in total. The minimum absolute atomic E-state index is 0.0129. The Morgan fingerprint density at radius 1 is 1.00 bits per heavy atom. The van der Waals surface area contributed by atoms with Crippen molar-refractivity contribution in [2.24, 2.45) is 7.05 Å². The number of nitrogens with zero attached hydrogens (tertiary/aromatic N) is 4. The van der Waals surface area contributed by atoms with E-state index in [4.69, 9.17) is 10.1 Å². The maximum absolute atomic E-state index is 13.8. The van der Waals surface area contributed by atoms with Crippen molar-refractivity contribution in [3.8, 4) is 22.5 Å². The fraction of sp³-hybridized carbons (Fsp3) is 0.143. The van der Waals surface area contributed by atoms with Gasteiger partial charge in [-0.1, -0.05) is 30.3 Å². The van der Waals surface area contributed by atoms with Gasteiger partial charge in [-0.15, -0.1) is 0 Å². The quantitative estimate of drug-likeness (QED) is 0.249. The highest BCUT2D eigenvalue weighted by Gasteiger charge is 2.34. The van der Waals surface area contributed by atoms with Gasteiger partial charge in [0.15, 0.2) is 0 Å². The van der Waals surface area contributed by atoms with Crippen LogP contribution in [0.2, 0.25) is 0 Å². The van der Waals surface area contributed by atoms with Crippen molar-refractivity contribution in [1.82, 2.24) is 24.5 Å². The van der Waals surface area contributed by atoms with E-state index in [1.807, 2.05) is 30.3 Å². The normalized spacial score (nSPS) is 11.5. The molecule has 9 nitrogen and oxygen atoms in total. The summed E-state index contributed by atoms with van der Waals surface area (Å²) in [5, 5.41) is 18.1. The zero-order chi connectivity index (χ0) is 28.4. The minimum atomic E-state index is -4.64. The number of benzene rings is 2. The number of fused-ring (bicyclic) bond motifs is 1. The van der Waals surface area contributed by atoms with Crippen molar-refractivity contribution in [3.05, 3.63) is 95.8 Å². The number of aromatic nitrogens is 4. The number of rotatable bonds is 7. The number of hydrogen-bond donors (Lipinski definition) is 3. The molecule has 0 saturated carbocycles. The topological polar surface area (TPSA) is 114 Å². The van der Waals surface area contributed by atoms with Crippen molar-refractivity contribution in [1.29, 1.82) is 0 Å². The molecule has 0 atom stereocenters. The van der Waals surface area contributed by atoms with E-state index in [2.05, 4.69) is 15.7 Å². The van der Waals surface area contributed by atoms with E-state index in [1.165, 1.54) is 23.0 Å². The van der Waals surface area contributed by atoms with Gasteiger partial charge in [0.05, 0.1) is 11.3 Å². The Morgan fingerprint density at radius 3 is 2.45 bits per heavy atom. The van der Waals surface area contributed by atoms with Crippen molar-refractivity contribution in [3.63, 3.8) is 0 Å². The highest BCUT2D eigenvalue weighted by molar-refractivity contribution is 6.06.